The molecule has 16 heavy (non-hydrogen) atoms. The van der Waals surface area contributed by atoms with Gasteiger partial charge in [0.05, 0.1) is 0 Å². The van der Waals surface area contributed by atoms with Crippen LogP contribution in [-0.4, -0.2) is 30.6 Å². The maximum absolute atomic E-state index is 13.5. The summed E-state index contributed by atoms with van der Waals surface area (Å²) in [7, 11) is 0. The molecule has 0 radical (unpaired) electrons. The van der Waals surface area contributed by atoms with Crippen LogP contribution in [0.5, 0.6) is 0 Å². The van der Waals surface area contributed by atoms with Crippen molar-refractivity contribution in [1.82, 2.24) is 10.2 Å². The van der Waals surface area contributed by atoms with Crippen molar-refractivity contribution in [2.75, 3.05) is 19.6 Å². The summed E-state index contributed by atoms with van der Waals surface area (Å²) >= 11 is 0. The molecule has 0 aromatic heterocycles. The highest BCUT2D eigenvalue weighted by atomic mass is 19.1. The van der Waals surface area contributed by atoms with Gasteiger partial charge in [0.2, 0.25) is 0 Å². The van der Waals surface area contributed by atoms with Crippen molar-refractivity contribution in [2.45, 2.75) is 25.9 Å². The van der Waals surface area contributed by atoms with E-state index in [4.69, 9.17) is 0 Å². The first-order valence-corrected chi connectivity index (χ1v) is 5.95. The molecule has 1 aromatic rings. The Labute approximate surface area is 96.5 Å². The van der Waals surface area contributed by atoms with Crippen LogP contribution in [0.1, 0.15) is 18.9 Å². The molecular formula is C13H19FN2. The molecule has 0 amide bonds. The second-order valence-electron chi connectivity index (χ2n) is 4.51. The molecule has 1 unspecified atom stereocenters. The number of benzene rings is 1. The van der Waals surface area contributed by atoms with E-state index < -0.39 is 0 Å². The monoisotopic (exact) mass is 222 g/mol. The van der Waals surface area contributed by atoms with Crippen LogP contribution in [0.3, 0.4) is 0 Å². The fraction of sp³-hybridized carbons (Fsp3) is 0.538. The van der Waals surface area contributed by atoms with E-state index in [1.807, 2.05) is 12.1 Å². The van der Waals surface area contributed by atoms with Gasteiger partial charge in [0, 0.05) is 37.8 Å². The third-order valence-corrected chi connectivity index (χ3v) is 3.15. The van der Waals surface area contributed by atoms with Gasteiger partial charge in [-0.05, 0) is 19.4 Å². The summed E-state index contributed by atoms with van der Waals surface area (Å²) < 4.78 is 13.5. The van der Waals surface area contributed by atoms with Crippen LogP contribution in [0.25, 0.3) is 0 Å². The third kappa shape index (κ3) is 3.03. The Morgan fingerprint density at radius 3 is 3.00 bits per heavy atom. The van der Waals surface area contributed by atoms with Crippen molar-refractivity contribution in [3.05, 3.63) is 35.6 Å². The fourth-order valence-electron chi connectivity index (χ4n) is 2.08. The van der Waals surface area contributed by atoms with Crippen LogP contribution in [-0.2, 0) is 6.54 Å². The van der Waals surface area contributed by atoms with Crippen molar-refractivity contribution in [3.63, 3.8) is 0 Å². The molecule has 0 aliphatic carbocycles. The minimum absolute atomic E-state index is 0.0900. The molecule has 3 heteroatoms. The van der Waals surface area contributed by atoms with Crippen molar-refractivity contribution < 1.29 is 4.39 Å². The lowest BCUT2D eigenvalue weighted by molar-refractivity contribution is 0.278. The van der Waals surface area contributed by atoms with Gasteiger partial charge in [0.15, 0.2) is 0 Å². The Morgan fingerprint density at radius 1 is 1.38 bits per heavy atom. The second-order valence-corrected chi connectivity index (χ2v) is 4.51. The minimum Gasteiger partial charge on any atom is -0.313 e. The van der Waals surface area contributed by atoms with Gasteiger partial charge in [-0.25, -0.2) is 4.39 Å². The molecule has 1 atom stereocenters. The highest BCUT2D eigenvalue weighted by Gasteiger charge is 2.14. The first-order chi connectivity index (χ1) is 7.75. The number of halogens is 1. The molecule has 1 N–H and O–H groups in total. The van der Waals surface area contributed by atoms with E-state index in [1.165, 1.54) is 6.07 Å². The number of rotatable bonds is 2. The Bertz CT molecular complexity index is 340. The average molecular weight is 222 g/mol. The molecule has 1 aromatic carbocycles. The molecule has 0 spiro atoms. The second kappa shape index (κ2) is 5.41. The number of nitrogens with zero attached hydrogens (tertiary/aromatic N) is 1. The van der Waals surface area contributed by atoms with Gasteiger partial charge in [-0.3, -0.25) is 4.90 Å². The van der Waals surface area contributed by atoms with E-state index >= 15 is 0 Å². The average Bonchev–Trinajstić information content (AvgIpc) is 2.47. The summed E-state index contributed by atoms with van der Waals surface area (Å²) in [4.78, 5) is 2.31. The van der Waals surface area contributed by atoms with Gasteiger partial charge in [0.25, 0.3) is 0 Å². The summed E-state index contributed by atoms with van der Waals surface area (Å²) in [6.07, 6.45) is 1.13. The molecule has 1 fully saturated rings. The van der Waals surface area contributed by atoms with Gasteiger partial charge in [0.1, 0.15) is 5.82 Å². The lowest BCUT2D eigenvalue weighted by Crippen LogP contribution is -2.29. The molecule has 2 nitrogen and oxygen atoms in total. The standard InChI is InChI=1S/C13H19FN2/c1-11-6-8-16(9-7-15-11)10-12-4-2-3-5-13(12)14/h2-5,11,15H,6-10H2,1H3. The Morgan fingerprint density at radius 2 is 2.19 bits per heavy atom. The smallest absolute Gasteiger partial charge is 0.127 e. The first-order valence-electron chi connectivity index (χ1n) is 5.95. The van der Waals surface area contributed by atoms with E-state index in [2.05, 4.69) is 17.1 Å². The quantitative estimate of drug-likeness (QED) is 0.823. The summed E-state index contributed by atoms with van der Waals surface area (Å²) in [6.45, 7) is 5.96. The predicted octanol–water partition coefficient (Wildman–Crippen LogP) is 2.01. The largest absolute Gasteiger partial charge is 0.313 e. The van der Waals surface area contributed by atoms with Crippen LogP contribution in [0.2, 0.25) is 0 Å². The lowest BCUT2D eigenvalue weighted by Gasteiger charge is -2.19. The zero-order valence-electron chi connectivity index (χ0n) is 9.75. The van der Waals surface area contributed by atoms with Crippen LogP contribution in [0.15, 0.2) is 24.3 Å². The number of hydrogen-bond acceptors (Lipinski definition) is 2. The van der Waals surface area contributed by atoms with Crippen molar-refractivity contribution in [1.29, 1.82) is 0 Å². The molecule has 1 saturated heterocycles. The number of nitrogens with one attached hydrogen (secondary N) is 1. The summed E-state index contributed by atoms with van der Waals surface area (Å²) in [5, 5.41) is 3.44. The molecule has 88 valence electrons. The van der Waals surface area contributed by atoms with Crippen LogP contribution < -0.4 is 5.32 Å². The molecule has 1 aliphatic rings. The summed E-state index contributed by atoms with van der Waals surface area (Å²) in [5.74, 6) is -0.0900. The maximum atomic E-state index is 13.5. The first kappa shape index (κ1) is 11.6. The SMILES string of the molecule is CC1CCN(Cc2ccccc2F)CCN1. The minimum atomic E-state index is -0.0900. The van der Waals surface area contributed by atoms with Gasteiger partial charge in [-0.15, -0.1) is 0 Å². The Balaban J connectivity index is 1.96. The highest BCUT2D eigenvalue weighted by molar-refractivity contribution is 5.17. The van der Waals surface area contributed by atoms with Gasteiger partial charge in [-0.1, -0.05) is 18.2 Å². The molecular weight excluding hydrogens is 203 g/mol. The molecule has 0 bridgehead atoms. The molecule has 1 aliphatic heterocycles. The zero-order chi connectivity index (χ0) is 11.4. The fourth-order valence-corrected chi connectivity index (χ4v) is 2.08. The van der Waals surface area contributed by atoms with Crippen LogP contribution >= 0.6 is 0 Å². The molecule has 1 heterocycles. The van der Waals surface area contributed by atoms with Crippen molar-refractivity contribution >= 4 is 0 Å². The van der Waals surface area contributed by atoms with E-state index in [-0.39, 0.29) is 5.82 Å². The van der Waals surface area contributed by atoms with Crippen LogP contribution in [0.4, 0.5) is 4.39 Å². The Hall–Kier alpha value is -0.930. The lowest BCUT2D eigenvalue weighted by atomic mass is 10.2. The molecule has 2 rings (SSSR count). The highest BCUT2D eigenvalue weighted by Crippen LogP contribution is 2.11. The van der Waals surface area contributed by atoms with Crippen molar-refractivity contribution in [2.24, 2.45) is 0 Å². The normalized spacial score (nSPS) is 23.0. The predicted molar refractivity (Wildman–Crippen MR) is 63.8 cm³/mol. The number of hydrogen-bond donors (Lipinski definition) is 1. The topological polar surface area (TPSA) is 15.3 Å². The Kier molecular flexibility index (Phi) is 3.91. The molecule has 0 saturated carbocycles. The summed E-state index contributed by atoms with van der Waals surface area (Å²) in [5.41, 5.74) is 0.803. The van der Waals surface area contributed by atoms with Gasteiger partial charge >= 0.3 is 0 Å². The van der Waals surface area contributed by atoms with Crippen LogP contribution in [0, 0.1) is 5.82 Å². The summed E-state index contributed by atoms with van der Waals surface area (Å²) in [6, 6.07) is 7.62. The van der Waals surface area contributed by atoms with Crippen molar-refractivity contribution in [3.8, 4) is 0 Å². The van der Waals surface area contributed by atoms with E-state index in [9.17, 15) is 4.39 Å². The van der Waals surface area contributed by atoms with E-state index in [0.29, 0.717) is 6.04 Å². The van der Waals surface area contributed by atoms with E-state index in [1.54, 1.807) is 6.07 Å². The van der Waals surface area contributed by atoms with Gasteiger partial charge in [-0.2, -0.15) is 0 Å². The van der Waals surface area contributed by atoms with Gasteiger partial charge < -0.3 is 5.32 Å². The third-order valence-electron chi connectivity index (χ3n) is 3.15. The zero-order valence-corrected chi connectivity index (χ0v) is 9.75. The van der Waals surface area contributed by atoms with E-state index in [0.717, 1.165) is 38.2 Å². The maximum Gasteiger partial charge on any atom is 0.127 e.